The number of hydrogen-bond acceptors (Lipinski definition) is 3. The van der Waals surface area contributed by atoms with Crippen molar-refractivity contribution in [2.45, 2.75) is 19.5 Å². The molecular formula is C14H17BrN2S. The van der Waals surface area contributed by atoms with E-state index in [9.17, 15) is 0 Å². The number of rotatable bonds is 6. The molecule has 0 radical (unpaired) electrons. The lowest BCUT2D eigenvalue weighted by Crippen LogP contribution is -2.16. The van der Waals surface area contributed by atoms with Gasteiger partial charge in [-0.3, -0.25) is 0 Å². The van der Waals surface area contributed by atoms with Crippen LogP contribution in [0.15, 0.2) is 40.2 Å². The topological polar surface area (TPSA) is 38.0 Å². The van der Waals surface area contributed by atoms with Crippen molar-refractivity contribution in [1.82, 2.24) is 5.32 Å². The molecule has 18 heavy (non-hydrogen) atoms. The fourth-order valence-corrected chi connectivity index (χ4v) is 3.28. The van der Waals surface area contributed by atoms with E-state index in [1.165, 1.54) is 19.8 Å². The maximum atomic E-state index is 5.63. The predicted molar refractivity (Wildman–Crippen MR) is 81.8 cm³/mol. The van der Waals surface area contributed by atoms with Gasteiger partial charge in [0.2, 0.25) is 0 Å². The van der Waals surface area contributed by atoms with Gasteiger partial charge in [0.15, 0.2) is 0 Å². The summed E-state index contributed by atoms with van der Waals surface area (Å²) >= 11 is 5.28. The van der Waals surface area contributed by atoms with Gasteiger partial charge >= 0.3 is 0 Å². The lowest BCUT2D eigenvalue weighted by Gasteiger charge is -2.05. The summed E-state index contributed by atoms with van der Waals surface area (Å²) in [5.74, 6) is 0. The zero-order valence-corrected chi connectivity index (χ0v) is 12.6. The first-order valence-corrected chi connectivity index (χ1v) is 7.61. The van der Waals surface area contributed by atoms with Gasteiger partial charge in [-0.05, 0) is 45.6 Å². The van der Waals surface area contributed by atoms with Crippen molar-refractivity contribution in [3.63, 3.8) is 0 Å². The first kappa shape index (κ1) is 13.7. The lowest BCUT2D eigenvalue weighted by molar-refractivity contribution is 0.690. The average molecular weight is 325 g/mol. The Morgan fingerprint density at radius 3 is 2.72 bits per heavy atom. The molecule has 0 unspecified atom stereocenters. The molecule has 2 rings (SSSR count). The third kappa shape index (κ3) is 4.21. The monoisotopic (exact) mass is 324 g/mol. The molecule has 1 aromatic heterocycles. The highest BCUT2D eigenvalue weighted by Gasteiger charge is 1.98. The van der Waals surface area contributed by atoms with Crippen molar-refractivity contribution in [2.24, 2.45) is 5.73 Å². The largest absolute Gasteiger partial charge is 0.326 e. The van der Waals surface area contributed by atoms with Crippen LogP contribution in [0.3, 0.4) is 0 Å². The Labute approximate surface area is 120 Å². The summed E-state index contributed by atoms with van der Waals surface area (Å²) in [7, 11) is 0. The van der Waals surface area contributed by atoms with Gasteiger partial charge in [-0.25, -0.2) is 0 Å². The highest BCUT2D eigenvalue weighted by atomic mass is 79.9. The van der Waals surface area contributed by atoms with Crippen LogP contribution >= 0.6 is 27.3 Å². The fraction of sp³-hybridized carbons (Fsp3) is 0.286. The summed E-state index contributed by atoms with van der Waals surface area (Å²) in [6.07, 6.45) is 1.08. The van der Waals surface area contributed by atoms with Crippen LogP contribution in [0.4, 0.5) is 0 Å². The molecule has 1 aromatic carbocycles. The Kier molecular flexibility index (Phi) is 5.38. The molecule has 2 nitrogen and oxygen atoms in total. The smallest absolute Gasteiger partial charge is 0.0701 e. The van der Waals surface area contributed by atoms with E-state index in [0.717, 1.165) is 19.5 Å². The molecule has 0 amide bonds. The Morgan fingerprint density at radius 1 is 1.17 bits per heavy atom. The van der Waals surface area contributed by atoms with Crippen LogP contribution in [0.25, 0.3) is 0 Å². The Morgan fingerprint density at radius 2 is 2.00 bits per heavy atom. The van der Waals surface area contributed by atoms with Gasteiger partial charge in [0.25, 0.3) is 0 Å². The Hall–Kier alpha value is -0.680. The molecule has 4 heteroatoms. The van der Waals surface area contributed by atoms with Gasteiger partial charge < -0.3 is 11.1 Å². The minimum Gasteiger partial charge on any atom is -0.326 e. The standard InChI is InChI=1S/C14H17BrN2S/c15-14-5-4-13(18-14)6-7-17-10-12-3-1-2-11(8-12)9-16/h1-5,8,17H,6-7,9-10,16H2. The summed E-state index contributed by atoms with van der Waals surface area (Å²) in [5.41, 5.74) is 8.12. The van der Waals surface area contributed by atoms with E-state index in [1.807, 2.05) is 0 Å². The molecule has 0 aliphatic heterocycles. The third-order valence-corrected chi connectivity index (χ3v) is 4.42. The minimum atomic E-state index is 0.608. The number of thiophene rings is 1. The SMILES string of the molecule is NCc1cccc(CNCCc2ccc(Br)s2)c1. The zero-order valence-electron chi connectivity index (χ0n) is 10.2. The van der Waals surface area contributed by atoms with E-state index in [1.54, 1.807) is 11.3 Å². The van der Waals surface area contributed by atoms with Crippen LogP contribution in [0, 0.1) is 0 Å². The van der Waals surface area contributed by atoms with Crippen LogP contribution < -0.4 is 11.1 Å². The van der Waals surface area contributed by atoms with Crippen LogP contribution in [-0.4, -0.2) is 6.54 Å². The van der Waals surface area contributed by atoms with Crippen LogP contribution in [0.1, 0.15) is 16.0 Å². The number of nitrogens with two attached hydrogens (primary N) is 1. The van der Waals surface area contributed by atoms with Gasteiger partial charge in [-0.1, -0.05) is 24.3 Å². The molecule has 96 valence electrons. The molecule has 0 spiro atoms. The Balaban J connectivity index is 1.74. The molecule has 1 heterocycles. The van der Waals surface area contributed by atoms with Crippen molar-refractivity contribution in [2.75, 3.05) is 6.54 Å². The van der Waals surface area contributed by atoms with E-state index in [0.29, 0.717) is 6.54 Å². The van der Waals surface area contributed by atoms with Gasteiger partial charge in [0.05, 0.1) is 3.79 Å². The van der Waals surface area contributed by atoms with Crippen molar-refractivity contribution in [3.8, 4) is 0 Å². The molecule has 0 fully saturated rings. The van der Waals surface area contributed by atoms with Crippen molar-refractivity contribution < 1.29 is 0 Å². The summed E-state index contributed by atoms with van der Waals surface area (Å²) in [4.78, 5) is 1.41. The highest BCUT2D eigenvalue weighted by molar-refractivity contribution is 9.11. The van der Waals surface area contributed by atoms with E-state index < -0.39 is 0 Å². The predicted octanol–water partition coefficient (Wildman–Crippen LogP) is 3.30. The van der Waals surface area contributed by atoms with Crippen LogP contribution in [0.2, 0.25) is 0 Å². The second-order valence-electron chi connectivity index (χ2n) is 4.16. The first-order valence-electron chi connectivity index (χ1n) is 6.01. The molecule has 0 saturated carbocycles. The Bertz CT molecular complexity index is 496. The van der Waals surface area contributed by atoms with E-state index in [4.69, 9.17) is 5.73 Å². The second-order valence-corrected chi connectivity index (χ2v) is 6.70. The van der Waals surface area contributed by atoms with Crippen LogP contribution in [-0.2, 0) is 19.5 Å². The summed E-state index contributed by atoms with van der Waals surface area (Å²) in [6.45, 7) is 2.51. The molecule has 2 aromatic rings. The summed E-state index contributed by atoms with van der Waals surface area (Å²) < 4.78 is 1.20. The summed E-state index contributed by atoms with van der Waals surface area (Å²) in [5, 5.41) is 3.46. The lowest BCUT2D eigenvalue weighted by atomic mass is 10.1. The van der Waals surface area contributed by atoms with E-state index in [-0.39, 0.29) is 0 Å². The van der Waals surface area contributed by atoms with Gasteiger partial charge in [-0.2, -0.15) is 0 Å². The number of nitrogens with one attached hydrogen (secondary N) is 1. The minimum absolute atomic E-state index is 0.608. The second kappa shape index (κ2) is 7.04. The van der Waals surface area contributed by atoms with Gasteiger partial charge in [0, 0.05) is 24.5 Å². The van der Waals surface area contributed by atoms with Gasteiger partial charge in [-0.15, -0.1) is 11.3 Å². The molecule has 0 saturated heterocycles. The molecular weight excluding hydrogens is 308 g/mol. The normalized spacial score (nSPS) is 10.8. The van der Waals surface area contributed by atoms with Gasteiger partial charge in [0.1, 0.15) is 0 Å². The zero-order chi connectivity index (χ0) is 12.8. The van der Waals surface area contributed by atoms with Crippen molar-refractivity contribution in [1.29, 1.82) is 0 Å². The maximum absolute atomic E-state index is 5.63. The maximum Gasteiger partial charge on any atom is 0.0701 e. The number of hydrogen-bond donors (Lipinski definition) is 2. The van der Waals surface area contributed by atoms with E-state index >= 15 is 0 Å². The molecule has 0 aliphatic carbocycles. The first-order chi connectivity index (χ1) is 8.78. The average Bonchev–Trinajstić information content (AvgIpc) is 2.81. The number of halogens is 1. The van der Waals surface area contributed by atoms with Crippen LogP contribution in [0.5, 0.6) is 0 Å². The fourth-order valence-electron chi connectivity index (χ4n) is 1.80. The highest BCUT2D eigenvalue weighted by Crippen LogP contribution is 2.22. The van der Waals surface area contributed by atoms with Crippen molar-refractivity contribution in [3.05, 3.63) is 56.2 Å². The molecule has 0 aliphatic rings. The van der Waals surface area contributed by atoms with E-state index in [2.05, 4.69) is 57.6 Å². The van der Waals surface area contributed by atoms with Crippen molar-refractivity contribution >= 4 is 27.3 Å². The quantitative estimate of drug-likeness (QED) is 0.800. The molecule has 0 bridgehead atoms. The number of benzene rings is 1. The molecule has 3 N–H and O–H groups in total. The summed E-state index contributed by atoms with van der Waals surface area (Å²) in [6, 6.07) is 12.7. The third-order valence-electron chi connectivity index (χ3n) is 2.73. The molecule has 0 atom stereocenters.